The standard InChI is InChI=1S/C12H22N4O.ClH/c1-3-5-6-11(7-13)15-12(17)10-8-14-16(4-2)9-10;/h8-9,11H,3-7,13H2,1-2H3,(H,15,17);1H. The lowest BCUT2D eigenvalue weighted by molar-refractivity contribution is 0.0935. The molecule has 0 bridgehead atoms. The Morgan fingerprint density at radius 3 is 2.78 bits per heavy atom. The zero-order chi connectivity index (χ0) is 12.7. The second-order valence-electron chi connectivity index (χ2n) is 4.13. The molecule has 6 heteroatoms. The van der Waals surface area contributed by atoms with E-state index in [4.69, 9.17) is 5.73 Å². The van der Waals surface area contributed by atoms with E-state index in [1.54, 1.807) is 17.1 Å². The van der Waals surface area contributed by atoms with Gasteiger partial charge in [-0.1, -0.05) is 19.8 Å². The lowest BCUT2D eigenvalue weighted by atomic mass is 10.1. The number of unbranched alkanes of at least 4 members (excludes halogenated alkanes) is 1. The lowest BCUT2D eigenvalue weighted by Gasteiger charge is -2.15. The first-order chi connectivity index (χ1) is 8.21. The van der Waals surface area contributed by atoms with Crippen molar-refractivity contribution in [2.45, 2.75) is 45.7 Å². The Morgan fingerprint density at radius 1 is 1.56 bits per heavy atom. The number of nitrogens with two attached hydrogens (primary N) is 1. The maximum absolute atomic E-state index is 11.9. The topological polar surface area (TPSA) is 72.9 Å². The first-order valence-electron chi connectivity index (χ1n) is 6.24. The molecule has 0 saturated carbocycles. The van der Waals surface area contributed by atoms with Crippen LogP contribution in [0.15, 0.2) is 12.4 Å². The van der Waals surface area contributed by atoms with E-state index in [1.807, 2.05) is 6.92 Å². The first-order valence-corrected chi connectivity index (χ1v) is 6.24. The van der Waals surface area contributed by atoms with E-state index in [2.05, 4.69) is 17.3 Å². The zero-order valence-electron chi connectivity index (χ0n) is 11.1. The summed E-state index contributed by atoms with van der Waals surface area (Å²) in [5, 5.41) is 7.01. The van der Waals surface area contributed by atoms with Gasteiger partial charge in [0, 0.05) is 25.3 Å². The minimum absolute atomic E-state index is 0. The molecule has 0 fully saturated rings. The Kier molecular flexibility index (Phi) is 8.41. The monoisotopic (exact) mass is 274 g/mol. The molecule has 1 heterocycles. The van der Waals surface area contributed by atoms with Crippen LogP contribution in [-0.4, -0.2) is 28.3 Å². The van der Waals surface area contributed by atoms with Crippen molar-refractivity contribution in [3.8, 4) is 0 Å². The van der Waals surface area contributed by atoms with Gasteiger partial charge in [-0.2, -0.15) is 5.10 Å². The van der Waals surface area contributed by atoms with E-state index in [1.165, 1.54) is 0 Å². The molecule has 0 aliphatic carbocycles. The molecule has 0 aliphatic heterocycles. The lowest BCUT2D eigenvalue weighted by Crippen LogP contribution is -2.40. The molecule has 104 valence electrons. The number of aryl methyl sites for hydroxylation is 1. The average molecular weight is 275 g/mol. The third-order valence-corrected chi connectivity index (χ3v) is 2.75. The van der Waals surface area contributed by atoms with Crippen molar-refractivity contribution in [2.24, 2.45) is 5.73 Å². The maximum atomic E-state index is 11.9. The van der Waals surface area contributed by atoms with Crippen LogP contribution in [0.5, 0.6) is 0 Å². The molecule has 0 spiro atoms. The van der Waals surface area contributed by atoms with Crippen molar-refractivity contribution in [2.75, 3.05) is 6.54 Å². The molecule has 1 unspecified atom stereocenters. The van der Waals surface area contributed by atoms with Crippen molar-refractivity contribution in [1.82, 2.24) is 15.1 Å². The quantitative estimate of drug-likeness (QED) is 0.793. The van der Waals surface area contributed by atoms with Gasteiger partial charge in [-0.3, -0.25) is 9.48 Å². The number of nitrogens with one attached hydrogen (secondary N) is 1. The minimum Gasteiger partial charge on any atom is -0.348 e. The number of carbonyl (C=O) groups is 1. The van der Waals surface area contributed by atoms with Crippen molar-refractivity contribution < 1.29 is 4.79 Å². The molecular formula is C12H23ClN4O. The van der Waals surface area contributed by atoms with Crippen LogP contribution < -0.4 is 11.1 Å². The van der Waals surface area contributed by atoms with Crippen LogP contribution in [0.3, 0.4) is 0 Å². The normalized spacial score (nSPS) is 11.7. The summed E-state index contributed by atoms with van der Waals surface area (Å²) in [6.45, 7) is 5.36. The van der Waals surface area contributed by atoms with Gasteiger partial charge in [0.25, 0.3) is 5.91 Å². The summed E-state index contributed by atoms with van der Waals surface area (Å²) in [4.78, 5) is 11.9. The number of hydrogen-bond donors (Lipinski definition) is 2. The highest BCUT2D eigenvalue weighted by atomic mass is 35.5. The average Bonchev–Trinajstić information content (AvgIpc) is 2.83. The van der Waals surface area contributed by atoms with E-state index in [-0.39, 0.29) is 24.4 Å². The SMILES string of the molecule is CCCCC(CN)NC(=O)c1cnn(CC)c1.Cl. The van der Waals surface area contributed by atoms with Crippen LogP contribution in [-0.2, 0) is 6.54 Å². The van der Waals surface area contributed by atoms with Crippen LogP contribution >= 0.6 is 12.4 Å². The van der Waals surface area contributed by atoms with Crippen LogP contribution in [0.25, 0.3) is 0 Å². The first kappa shape index (κ1) is 16.9. The molecule has 1 aromatic heterocycles. The summed E-state index contributed by atoms with van der Waals surface area (Å²) in [5.41, 5.74) is 6.23. The van der Waals surface area contributed by atoms with E-state index < -0.39 is 0 Å². The molecule has 5 nitrogen and oxygen atoms in total. The molecule has 0 radical (unpaired) electrons. The Morgan fingerprint density at radius 2 is 2.28 bits per heavy atom. The van der Waals surface area contributed by atoms with E-state index in [0.717, 1.165) is 25.8 Å². The second kappa shape index (κ2) is 8.94. The Balaban J connectivity index is 0.00000289. The number of carbonyl (C=O) groups excluding carboxylic acids is 1. The van der Waals surface area contributed by atoms with E-state index >= 15 is 0 Å². The van der Waals surface area contributed by atoms with Crippen LogP contribution in [0.1, 0.15) is 43.5 Å². The number of hydrogen-bond acceptors (Lipinski definition) is 3. The van der Waals surface area contributed by atoms with Gasteiger partial charge in [-0.05, 0) is 13.3 Å². The van der Waals surface area contributed by atoms with Crippen molar-refractivity contribution >= 4 is 18.3 Å². The van der Waals surface area contributed by atoms with Gasteiger partial charge >= 0.3 is 0 Å². The van der Waals surface area contributed by atoms with Gasteiger partial charge in [0.2, 0.25) is 0 Å². The number of aromatic nitrogens is 2. The van der Waals surface area contributed by atoms with Crippen LogP contribution in [0.4, 0.5) is 0 Å². The fourth-order valence-electron chi connectivity index (χ4n) is 1.62. The van der Waals surface area contributed by atoms with Crippen LogP contribution in [0.2, 0.25) is 0 Å². The minimum atomic E-state index is -0.0868. The molecule has 1 aromatic rings. The summed E-state index contributed by atoms with van der Waals surface area (Å²) in [7, 11) is 0. The van der Waals surface area contributed by atoms with E-state index in [0.29, 0.717) is 12.1 Å². The van der Waals surface area contributed by atoms with Gasteiger partial charge < -0.3 is 11.1 Å². The highest BCUT2D eigenvalue weighted by Crippen LogP contribution is 2.02. The van der Waals surface area contributed by atoms with Gasteiger partial charge in [0.15, 0.2) is 0 Å². The zero-order valence-corrected chi connectivity index (χ0v) is 11.9. The molecular weight excluding hydrogens is 252 g/mol. The highest BCUT2D eigenvalue weighted by Gasteiger charge is 2.13. The molecule has 0 aromatic carbocycles. The molecule has 1 rings (SSSR count). The molecule has 18 heavy (non-hydrogen) atoms. The summed E-state index contributed by atoms with van der Waals surface area (Å²) in [6.07, 6.45) is 6.46. The summed E-state index contributed by atoms with van der Waals surface area (Å²) in [6, 6.07) is 0.0624. The Hall–Kier alpha value is -1.07. The van der Waals surface area contributed by atoms with Crippen molar-refractivity contribution in [1.29, 1.82) is 0 Å². The van der Waals surface area contributed by atoms with Gasteiger partial charge in [0.1, 0.15) is 0 Å². The van der Waals surface area contributed by atoms with Gasteiger partial charge in [0.05, 0.1) is 11.8 Å². The molecule has 0 aliphatic rings. The molecule has 0 saturated heterocycles. The number of halogens is 1. The third-order valence-electron chi connectivity index (χ3n) is 2.75. The Bertz CT molecular complexity index is 354. The predicted octanol–water partition coefficient (Wildman–Crippen LogP) is 1.57. The van der Waals surface area contributed by atoms with Gasteiger partial charge in [-0.25, -0.2) is 0 Å². The fourth-order valence-corrected chi connectivity index (χ4v) is 1.62. The number of nitrogens with zero attached hydrogens (tertiary/aromatic N) is 2. The molecule has 1 amide bonds. The van der Waals surface area contributed by atoms with Gasteiger partial charge in [-0.15, -0.1) is 12.4 Å². The number of rotatable bonds is 7. The summed E-state index contributed by atoms with van der Waals surface area (Å²) in [5.74, 6) is -0.0868. The van der Waals surface area contributed by atoms with Crippen molar-refractivity contribution in [3.63, 3.8) is 0 Å². The third kappa shape index (κ3) is 5.06. The van der Waals surface area contributed by atoms with E-state index in [9.17, 15) is 4.79 Å². The van der Waals surface area contributed by atoms with Crippen molar-refractivity contribution in [3.05, 3.63) is 18.0 Å². The second-order valence-corrected chi connectivity index (χ2v) is 4.13. The molecule has 1 atom stereocenters. The highest BCUT2D eigenvalue weighted by molar-refractivity contribution is 5.93. The summed E-state index contributed by atoms with van der Waals surface area (Å²) < 4.78 is 1.73. The maximum Gasteiger partial charge on any atom is 0.254 e. The summed E-state index contributed by atoms with van der Waals surface area (Å²) >= 11 is 0. The predicted molar refractivity (Wildman–Crippen MR) is 75.0 cm³/mol. The molecule has 3 N–H and O–H groups in total. The van der Waals surface area contributed by atoms with Crippen LogP contribution in [0, 0.1) is 0 Å². The Labute approximate surface area is 115 Å². The smallest absolute Gasteiger partial charge is 0.254 e. The largest absolute Gasteiger partial charge is 0.348 e. The number of amides is 1. The fraction of sp³-hybridized carbons (Fsp3) is 0.667.